The SMILES string of the molecule is N#CSc1cccc2nc3ccccc3cc12. The number of nitriles is 1. The minimum absolute atomic E-state index is 0.934. The van der Waals surface area contributed by atoms with Crippen LogP contribution in [0, 0.1) is 10.7 Å². The number of aromatic nitrogens is 1. The topological polar surface area (TPSA) is 36.7 Å². The Balaban J connectivity index is 2.40. The molecule has 0 aliphatic heterocycles. The lowest BCUT2D eigenvalue weighted by Gasteiger charge is -2.04. The summed E-state index contributed by atoms with van der Waals surface area (Å²) in [7, 11) is 0. The Labute approximate surface area is 103 Å². The van der Waals surface area contributed by atoms with Crippen LogP contribution in [0.4, 0.5) is 0 Å². The van der Waals surface area contributed by atoms with Crippen molar-refractivity contribution in [2.24, 2.45) is 0 Å². The molecule has 1 heterocycles. The van der Waals surface area contributed by atoms with Gasteiger partial charge in [0.1, 0.15) is 5.40 Å². The summed E-state index contributed by atoms with van der Waals surface area (Å²) in [5, 5.41) is 13.0. The van der Waals surface area contributed by atoms with Crippen molar-refractivity contribution >= 4 is 33.6 Å². The Kier molecular flexibility index (Phi) is 2.43. The first-order valence-corrected chi connectivity index (χ1v) is 6.04. The number of fused-ring (bicyclic) bond motifs is 2. The van der Waals surface area contributed by atoms with Crippen molar-refractivity contribution in [1.29, 1.82) is 5.26 Å². The van der Waals surface area contributed by atoms with Crippen LogP contribution >= 0.6 is 11.8 Å². The van der Waals surface area contributed by atoms with E-state index in [4.69, 9.17) is 5.26 Å². The summed E-state index contributed by atoms with van der Waals surface area (Å²) in [6.45, 7) is 0. The number of hydrogen-bond donors (Lipinski definition) is 0. The average molecular weight is 236 g/mol. The molecule has 0 amide bonds. The summed E-state index contributed by atoms with van der Waals surface area (Å²) in [4.78, 5) is 5.56. The number of thioether (sulfide) groups is 1. The summed E-state index contributed by atoms with van der Waals surface area (Å²) in [5.41, 5.74) is 1.92. The highest BCUT2D eigenvalue weighted by molar-refractivity contribution is 8.04. The summed E-state index contributed by atoms with van der Waals surface area (Å²) in [6, 6.07) is 16.0. The zero-order valence-electron chi connectivity index (χ0n) is 8.92. The monoisotopic (exact) mass is 236 g/mol. The number of rotatable bonds is 1. The standard InChI is InChI=1S/C14H8N2S/c15-9-17-14-7-3-6-13-11(14)8-10-4-1-2-5-12(10)16-13/h1-8H. The van der Waals surface area contributed by atoms with Crippen LogP contribution in [-0.2, 0) is 0 Å². The lowest BCUT2D eigenvalue weighted by molar-refractivity contribution is 1.45. The van der Waals surface area contributed by atoms with E-state index in [1.807, 2.05) is 42.5 Å². The average Bonchev–Trinajstić information content (AvgIpc) is 2.37. The number of para-hydroxylation sites is 1. The van der Waals surface area contributed by atoms with Gasteiger partial charge in [-0.25, -0.2) is 4.98 Å². The molecule has 80 valence electrons. The largest absolute Gasteiger partial charge is 0.248 e. The Hall–Kier alpha value is -2.05. The fourth-order valence-corrected chi connectivity index (χ4v) is 2.43. The van der Waals surface area contributed by atoms with E-state index in [1.165, 1.54) is 11.8 Å². The van der Waals surface area contributed by atoms with Crippen molar-refractivity contribution in [3.05, 3.63) is 48.5 Å². The van der Waals surface area contributed by atoms with Crippen molar-refractivity contribution < 1.29 is 0 Å². The Morgan fingerprint density at radius 1 is 1.00 bits per heavy atom. The van der Waals surface area contributed by atoms with Gasteiger partial charge in [0.25, 0.3) is 0 Å². The van der Waals surface area contributed by atoms with Crippen LogP contribution in [0.3, 0.4) is 0 Å². The molecule has 3 rings (SSSR count). The normalized spacial score (nSPS) is 10.5. The molecule has 3 aromatic rings. The lowest BCUT2D eigenvalue weighted by Crippen LogP contribution is -1.83. The molecule has 0 radical (unpaired) electrons. The van der Waals surface area contributed by atoms with Gasteiger partial charge in [-0.2, -0.15) is 5.26 Å². The highest BCUT2D eigenvalue weighted by Crippen LogP contribution is 2.28. The van der Waals surface area contributed by atoms with Gasteiger partial charge >= 0.3 is 0 Å². The highest BCUT2D eigenvalue weighted by Gasteiger charge is 2.04. The summed E-state index contributed by atoms with van der Waals surface area (Å²) >= 11 is 1.18. The van der Waals surface area contributed by atoms with E-state index in [0.29, 0.717) is 0 Å². The number of thiocyanates is 1. The van der Waals surface area contributed by atoms with E-state index in [2.05, 4.69) is 16.5 Å². The third-order valence-corrected chi connectivity index (χ3v) is 3.34. The third kappa shape index (κ3) is 1.73. The first-order valence-electron chi connectivity index (χ1n) is 5.23. The Bertz CT molecular complexity index is 744. The fourth-order valence-electron chi connectivity index (χ4n) is 1.91. The van der Waals surface area contributed by atoms with Crippen LogP contribution < -0.4 is 0 Å². The van der Waals surface area contributed by atoms with Gasteiger partial charge in [0, 0.05) is 15.7 Å². The summed E-state index contributed by atoms with van der Waals surface area (Å²) in [6.07, 6.45) is 0. The second-order valence-electron chi connectivity index (χ2n) is 3.70. The van der Waals surface area contributed by atoms with E-state index in [1.54, 1.807) is 0 Å². The van der Waals surface area contributed by atoms with Gasteiger partial charge in [0.05, 0.1) is 11.0 Å². The molecule has 2 aromatic carbocycles. The van der Waals surface area contributed by atoms with Crippen molar-refractivity contribution in [1.82, 2.24) is 4.98 Å². The first-order chi connectivity index (χ1) is 8.38. The van der Waals surface area contributed by atoms with Crippen LogP contribution in [0.15, 0.2) is 53.4 Å². The molecule has 0 aliphatic rings. The number of hydrogen-bond acceptors (Lipinski definition) is 3. The smallest absolute Gasteiger partial charge is 0.138 e. The minimum atomic E-state index is 0.934. The van der Waals surface area contributed by atoms with Crippen LogP contribution in [-0.4, -0.2) is 4.98 Å². The zero-order valence-corrected chi connectivity index (χ0v) is 9.74. The molecule has 0 aliphatic carbocycles. The van der Waals surface area contributed by atoms with Crippen molar-refractivity contribution in [2.45, 2.75) is 4.90 Å². The van der Waals surface area contributed by atoms with E-state index in [0.717, 1.165) is 26.7 Å². The highest BCUT2D eigenvalue weighted by atomic mass is 32.2. The third-order valence-electron chi connectivity index (χ3n) is 2.68. The predicted octanol–water partition coefficient (Wildman–Crippen LogP) is 3.96. The Morgan fingerprint density at radius 3 is 2.71 bits per heavy atom. The second kappa shape index (κ2) is 4.08. The molecule has 2 nitrogen and oxygen atoms in total. The summed E-state index contributed by atoms with van der Waals surface area (Å²) < 4.78 is 0. The number of nitrogens with zero attached hydrogens (tertiary/aromatic N) is 2. The van der Waals surface area contributed by atoms with E-state index in [-0.39, 0.29) is 0 Å². The van der Waals surface area contributed by atoms with Crippen molar-refractivity contribution in [3.63, 3.8) is 0 Å². The molecule has 17 heavy (non-hydrogen) atoms. The number of benzene rings is 2. The van der Waals surface area contributed by atoms with E-state index < -0.39 is 0 Å². The molecule has 0 atom stereocenters. The predicted molar refractivity (Wildman–Crippen MR) is 70.7 cm³/mol. The summed E-state index contributed by atoms with van der Waals surface area (Å²) in [5.74, 6) is 0. The van der Waals surface area contributed by atoms with Gasteiger partial charge in [-0.05, 0) is 36.0 Å². The molecule has 1 aromatic heterocycles. The van der Waals surface area contributed by atoms with Gasteiger partial charge < -0.3 is 0 Å². The molecule has 0 bridgehead atoms. The van der Waals surface area contributed by atoms with Gasteiger partial charge in [0.15, 0.2) is 0 Å². The molecule has 0 saturated carbocycles. The van der Waals surface area contributed by atoms with Crippen LogP contribution in [0.25, 0.3) is 21.8 Å². The molecule has 0 spiro atoms. The fraction of sp³-hybridized carbons (Fsp3) is 0. The second-order valence-corrected chi connectivity index (χ2v) is 4.52. The molecule has 3 heteroatoms. The minimum Gasteiger partial charge on any atom is -0.248 e. The quantitative estimate of drug-likeness (QED) is 0.364. The molecular formula is C14H8N2S. The first kappa shape index (κ1) is 10.1. The zero-order chi connectivity index (χ0) is 11.7. The number of pyridine rings is 1. The van der Waals surface area contributed by atoms with Crippen LogP contribution in [0.5, 0.6) is 0 Å². The van der Waals surface area contributed by atoms with Crippen molar-refractivity contribution in [3.8, 4) is 5.40 Å². The van der Waals surface area contributed by atoms with E-state index >= 15 is 0 Å². The van der Waals surface area contributed by atoms with Crippen LogP contribution in [0.2, 0.25) is 0 Å². The van der Waals surface area contributed by atoms with Crippen molar-refractivity contribution in [2.75, 3.05) is 0 Å². The Morgan fingerprint density at radius 2 is 1.82 bits per heavy atom. The molecule has 0 saturated heterocycles. The molecule has 0 N–H and O–H groups in total. The van der Waals surface area contributed by atoms with Gasteiger partial charge in [-0.15, -0.1) is 0 Å². The lowest BCUT2D eigenvalue weighted by atomic mass is 10.1. The van der Waals surface area contributed by atoms with E-state index in [9.17, 15) is 0 Å². The maximum absolute atomic E-state index is 8.78. The molecule has 0 fully saturated rings. The maximum atomic E-state index is 8.78. The molecular weight excluding hydrogens is 228 g/mol. The van der Waals surface area contributed by atoms with Gasteiger partial charge in [-0.3, -0.25) is 0 Å². The van der Waals surface area contributed by atoms with Gasteiger partial charge in [0.2, 0.25) is 0 Å². The van der Waals surface area contributed by atoms with Gasteiger partial charge in [-0.1, -0.05) is 24.3 Å². The van der Waals surface area contributed by atoms with Crippen LogP contribution in [0.1, 0.15) is 0 Å². The molecule has 0 unspecified atom stereocenters. The maximum Gasteiger partial charge on any atom is 0.138 e.